The summed E-state index contributed by atoms with van der Waals surface area (Å²) in [6.07, 6.45) is 4.37. The van der Waals surface area contributed by atoms with Crippen molar-refractivity contribution in [1.29, 1.82) is 0 Å². The zero-order chi connectivity index (χ0) is 31.5. The van der Waals surface area contributed by atoms with Gasteiger partial charge in [0, 0.05) is 43.8 Å². The quantitative estimate of drug-likeness (QED) is 0.161. The molecular formula is C31H40N6O5S2. The Labute approximate surface area is 263 Å². The number of sulfonamides is 1. The second kappa shape index (κ2) is 15.8. The number of carbonyl (C=O) groups excluding carboxylic acids is 2. The van der Waals surface area contributed by atoms with Crippen LogP contribution >= 0.6 is 11.8 Å². The lowest BCUT2D eigenvalue weighted by Crippen LogP contribution is -2.39. The molecule has 0 aliphatic carbocycles. The van der Waals surface area contributed by atoms with E-state index in [9.17, 15) is 18.0 Å². The summed E-state index contributed by atoms with van der Waals surface area (Å²) >= 11 is 1.67. The molecule has 1 aliphatic rings. The largest absolute Gasteiger partial charge is 0.433 e. The summed E-state index contributed by atoms with van der Waals surface area (Å²) < 4.78 is 30.4. The molecule has 0 saturated carbocycles. The van der Waals surface area contributed by atoms with Gasteiger partial charge in [0.05, 0.1) is 4.90 Å². The number of hydrogen-bond donors (Lipinski definition) is 3. The van der Waals surface area contributed by atoms with Gasteiger partial charge in [-0.2, -0.15) is 0 Å². The van der Waals surface area contributed by atoms with E-state index < -0.39 is 22.1 Å². The van der Waals surface area contributed by atoms with Gasteiger partial charge < -0.3 is 15.2 Å². The van der Waals surface area contributed by atoms with Crippen molar-refractivity contribution in [3.63, 3.8) is 0 Å². The molecule has 3 amide bonds. The maximum atomic E-state index is 13.1. The van der Waals surface area contributed by atoms with Crippen molar-refractivity contribution in [2.75, 3.05) is 18.8 Å². The number of amides is 3. The highest BCUT2D eigenvalue weighted by Crippen LogP contribution is 2.33. The number of unbranched alkanes of at least 4 members (excludes halogenated alkanes) is 1. The molecule has 11 nitrogen and oxygen atoms in total. The van der Waals surface area contributed by atoms with Gasteiger partial charge in [0.2, 0.25) is 0 Å². The molecule has 3 aromatic rings. The molecule has 1 aromatic heterocycles. The van der Waals surface area contributed by atoms with Crippen molar-refractivity contribution in [2.24, 2.45) is 5.16 Å². The number of hydrogen-bond acceptors (Lipinski definition) is 8. The Hall–Kier alpha value is -3.84. The average Bonchev–Trinajstić information content (AvgIpc) is 3.38. The van der Waals surface area contributed by atoms with Gasteiger partial charge in [0.25, 0.3) is 10.0 Å². The van der Waals surface area contributed by atoms with E-state index in [1.165, 1.54) is 6.07 Å². The van der Waals surface area contributed by atoms with Crippen molar-refractivity contribution >= 4 is 39.6 Å². The van der Waals surface area contributed by atoms with Gasteiger partial charge in [-0.15, -0.1) is 11.8 Å². The maximum absolute atomic E-state index is 13.1. The highest BCUT2D eigenvalue weighted by atomic mass is 32.2. The molecule has 2 aromatic carbocycles. The molecule has 44 heavy (non-hydrogen) atoms. The smallest absolute Gasteiger partial charge is 0.337 e. The molecule has 13 heteroatoms. The Morgan fingerprint density at radius 3 is 2.45 bits per heavy atom. The van der Waals surface area contributed by atoms with Gasteiger partial charge in [0.15, 0.2) is 0 Å². The summed E-state index contributed by atoms with van der Waals surface area (Å²) in [7, 11) is -4.10. The molecule has 1 aliphatic heterocycles. The van der Waals surface area contributed by atoms with E-state index in [0.29, 0.717) is 49.3 Å². The van der Waals surface area contributed by atoms with E-state index in [1.54, 1.807) is 30.0 Å². The third-order valence-corrected chi connectivity index (χ3v) is 9.28. The van der Waals surface area contributed by atoms with Crippen LogP contribution in [0.15, 0.2) is 63.6 Å². The summed E-state index contributed by atoms with van der Waals surface area (Å²) in [5, 5.41) is 10.3. The van der Waals surface area contributed by atoms with Gasteiger partial charge in [-0.1, -0.05) is 74.8 Å². The summed E-state index contributed by atoms with van der Waals surface area (Å²) in [6.45, 7) is 7.40. The molecule has 236 valence electrons. The van der Waals surface area contributed by atoms with Crippen molar-refractivity contribution in [1.82, 2.24) is 24.9 Å². The summed E-state index contributed by atoms with van der Waals surface area (Å²) in [4.78, 5) is 34.4. The van der Waals surface area contributed by atoms with Crippen LogP contribution in [0.25, 0.3) is 11.1 Å². The molecule has 0 bridgehead atoms. The van der Waals surface area contributed by atoms with Crippen LogP contribution in [-0.2, 0) is 27.8 Å². The van der Waals surface area contributed by atoms with Gasteiger partial charge in [-0.3, -0.25) is 4.84 Å². The number of rotatable bonds is 13. The Balaban J connectivity index is 1.62. The minimum absolute atomic E-state index is 0.0192. The lowest BCUT2D eigenvalue weighted by molar-refractivity contribution is 0.150. The fourth-order valence-electron chi connectivity index (χ4n) is 4.72. The molecular weight excluding hydrogens is 601 g/mol. The Kier molecular flexibility index (Phi) is 11.8. The van der Waals surface area contributed by atoms with Gasteiger partial charge in [0.1, 0.15) is 22.3 Å². The second-order valence-electron chi connectivity index (χ2n) is 10.4. The Morgan fingerprint density at radius 2 is 1.73 bits per heavy atom. The van der Waals surface area contributed by atoms with E-state index in [-0.39, 0.29) is 4.90 Å². The molecule has 0 radical (unpaired) electrons. The zero-order valence-electron chi connectivity index (χ0n) is 25.4. The molecule has 0 unspecified atom stereocenters. The lowest BCUT2D eigenvalue weighted by atomic mass is 10.0. The SMILES string of the molecule is CCCCc1nc2c(n1Cc1ccc(-c3ccccc3S(=O)(=O)NC(=O)NCCC)cc1)/C(=N/OC(=O)NCCC)CCS2. The van der Waals surface area contributed by atoms with E-state index in [0.717, 1.165) is 53.5 Å². The standard InChI is InChI=1S/C31H40N6O5S2/c1-4-7-12-27-34-29-28(25(17-20-43-29)35-42-31(39)33-19-6-3)37(27)21-22-13-15-23(16-14-22)24-10-8-9-11-26(24)44(40,41)36-30(38)32-18-5-2/h8-11,13-16H,4-7,12,17-21H2,1-3H3,(H,33,39)(H2,32,36,38)/b35-25+. The van der Waals surface area contributed by atoms with Crippen LogP contribution in [0.5, 0.6) is 0 Å². The number of thioether (sulfide) groups is 1. The summed E-state index contributed by atoms with van der Waals surface area (Å²) in [5.74, 6) is 1.74. The normalized spacial score (nSPS) is 13.8. The van der Waals surface area contributed by atoms with Gasteiger partial charge in [-0.05, 0) is 36.5 Å². The topological polar surface area (TPSA) is 144 Å². The maximum Gasteiger partial charge on any atom is 0.433 e. The number of urea groups is 1. The van der Waals surface area contributed by atoms with E-state index >= 15 is 0 Å². The van der Waals surface area contributed by atoms with E-state index in [4.69, 9.17) is 9.82 Å². The predicted molar refractivity (Wildman–Crippen MR) is 172 cm³/mol. The first-order valence-corrected chi connectivity index (χ1v) is 17.5. The minimum Gasteiger partial charge on any atom is -0.337 e. The summed E-state index contributed by atoms with van der Waals surface area (Å²) in [6, 6.07) is 13.5. The Bertz CT molecular complexity index is 1590. The number of nitrogens with zero attached hydrogens (tertiary/aromatic N) is 3. The number of oxime groups is 1. The molecule has 0 fully saturated rings. The fraction of sp³-hybridized carbons (Fsp3) is 0.419. The number of aromatic nitrogens is 2. The third kappa shape index (κ3) is 8.41. The molecule has 3 N–H and O–H groups in total. The monoisotopic (exact) mass is 640 g/mol. The Morgan fingerprint density at radius 1 is 1.00 bits per heavy atom. The average molecular weight is 641 g/mol. The van der Waals surface area contributed by atoms with Crippen molar-refractivity contribution in [3.05, 3.63) is 65.6 Å². The van der Waals surface area contributed by atoms with Crippen LogP contribution in [-0.4, -0.2) is 54.6 Å². The zero-order valence-corrected chi connectivity index (χ0v) is 27.0. The molecule has 2 heterocycles. The van der Waals surface area contributed by atoms with Gasteiger partial charge in [-0.25, -0.2) is 27.7 Å². The van der Waals surface area contributed by atoms with Crippen molar-refractivity contribution < 1.29 is 22.8 Å². The number of benzene rings is 2. The molecule has 0 saturated heterocycles. The highest BCUT2D eigenvalue weighted by molar-refractivity contribution is 7.99. The fourth-order valence-corrected chi connectivity index (χ4v) is 6.90. The van der Waals surface area contributed by atoms with Crippen molar-refractivity contribution in [2.45, 2.75) is 75.8 Å². The number of imidazole rings is 1. The number of fused-ring (bicyclic) bond motifs is 1. The molecule has 4 rings (SSSR count). The first kappa shape index (κ1) is 33.1. The van der Waals surface area contributed by atoms with Crippen molar-refractivity contribution in [3.8, 4) is 11.1 Å². The third-order valence-electron chi connectivity index (χ3n) is 6.92. The predicted octanol–water partition coefficient (Wildman–Crippen LogP) is 5.68. The van der Waals surface area contributed by atoms with Crippen LogP contribution in [0.2, 0.25) is 0 Å². The number of aryl methyl sites for hydroxylation is 1. The van der Waals surface area contributed by atoms with Crippen LogP contribution in [0.3, 0.4) is 0 Å². The first-order valence-electron chi connectivity index (χ1n) is 15.0. The molecule has 0 spiro atoms. The van der Waals surface area contributed by atoms with E-state index in [2.05, 4.69) is 32.0 Å². The minimum atomic E-state index is -4.10. The number of nitrogens with one attached hydrogen (secondary N) is 3. The number of carbonyl (C=O) groups is 2. The first-order chi connectivity index (χ1) is 21.3. The summed E-state index contributed by atoms with van der Waals surface area (Å²) in [5.41, 5.74) is 3.73. The second-order valence-corrected chi connectivity index (χ2v) is 13.1. The highest BCUT2D eigenvalue weighted by Gasteiger charge is 2.27. The van der Waals surface area contributed by atoms with Gasteiger partial charge >= 0.3 is 12.1 Å². The van der Waals surface area contributed by atoms with Crippen LogP contribution < -0.4 is 15.4 Å². The van der Waals surface area contributed by atoms with Crippen LogP contribution in [0.1, 0.15) is 70.0 Å². The van der Waals surface area contributed by atoms with Crippen LogP contribution in [0.4, 0.5) is 9.59 Å². The van der Waals surface area contributed by atoms with Crippen LogP contribution in [0, 0.1) is 0 Å². The molecule has 0 atom stereocenters. The van der Waals surface area contributed by atoms with E-state index in [1.807, 2.05) is 38.1 Å². The lowest BCUT2D eigenvalue weighted by Gasteiger charge is -2.17.